The molecule has 34 heavy (non-hydrogen) atoms. The zero-order valence-electron chi connectivity index (χ0n) is 19.5. The lowest BCUT2D eigenvalue weighted by molar-refractivity contribution is -0.144. The van der Waals surface area contributed by atoms with E-state index in [1.165, 1.54) is 0 Å². The molecule has 2 aromatic rings. The third-order valence-corrected chi connectivity index (χ3v) is 7.02. The highest BCUT2D eigenvalue weighted by Crippen LogP contribution is 2.44. The summed E-state index contributed by atoms with van der Waals surface area (Å²) in [5.41, 5.74) is 4.61. The van der Waals surface area contributed by atoms with Crippen LogP contribution in [0.15, 0.2) is 48.5 Å². The van der Waals surface area contributed by atoms with Crippen molar-refractivity contribution in [3.63, 3.8) is 0 Å². The monoisotopic (exact) mass is 464 g/mol. The van der Waals surface area contributed by atoms with Gasteiger partial charge < -0.3 is 20.5 Å². The number of carbonyl (C=O) groups is 3. The van der Waals surface area contributed by atoms with Gasteiger partial charge >= 0.3 is 12.1 Å². The molecule has 0 aliphatic heterocycles. The van der Waals surface area contributed by atoms with Crippen LogP contribution in [0.5, 0.6) is 0 Å². The normalized spacial score (nSPS) is 20.0. The number of amides is 2. The van der Waals surface area contributed by atoms with Gasteiger partial charge in [-0.25, -0.2) is 4.79 Å². The smallest absolute Gasteiger partial charge is 0.407 e. The Bertz CT molecular complexity index is 1010. The number of carboxylic acid groups (broad SMARTS) is 1. The Morgan fingerprint density at radius 3 is 2.24 bits per heavy atom. The van der Waals surface area contributed by atoms with Crippen LogP contribution in [0.2, 0.25) is 0 Å². The summed E-state index contributed by atoms with van der Waals surface area (Å²) in [7, 11) is 0. The number of fused-ring (bicyclic) bond motifs is 3. The van der Waals surface area contributed by atoms with Crippen molar-refractivity contribution in [2.45, 2.75) is 63.5 Å². The van der Waals surface area contributed by atoms with Crippen molar-refractivity contribution in [2.75, 3.05) is 6.61 Å². The molecule has 2 aliphatic carbocycles. The predicted octanol–water partition coefficient (Wildman–Crippen LogP) is 4.45. The Kier molecular flexibility index (Phi) is 7.50. The van der Waals surface area contributed by atoms with Gasteiger partial charge in [-0.05, 0) is 41.5 Å². The molecule has 0 spiro atoms. The molecule has 3 atom stereocenters. The summed E-state index contributed by atoms with van der Waals surface area (Å²) in [4.78, 5) is 36.6. The largest absolute Gasteiger partial charge is 0.481 e. The predicted molar refractivity (Wildman–Crippen MR) is 128 cm³/mol. The van der Waals surface area contributed by atoms with Crippen molar-refractivity contribution in [1.29, 1.82) is 0 Å². The second-order valence-electron chi connectivity index (χ2n) is 9.18. The van der Waals surface area contributed by atoms with Gasteiger partial charge in [-0.1, -0.05) is 68.3 Å². The average Bonchev–Trinajstić information content (AvgIpc) is 3.16. The molecule has 7 heteroatoms. The van der Waals surface area contributed by atoms with E-state index in [0.29, 0.717) is 19.3 Å². The fourth-order valence-electron chi connectivity index (χ4n) is 5.19. The van der Waals surface area contributed by atoms with E-state index in [9.17, 15) is 19.5 Å². The maximum Gasteiger partial charge on any atom is 0.407 e. The number of aliphatic carboxylic acids is 1. The van der Waals surface area contributed by atoms with Gasteiger partial charge in [-0.2, -0.15) is 0 Å². The van der Waals surface area contributed by atoms with Crippen LogP contribution in [0.4, 0.5) is 4.79 Å². The van der Waals surface area contributed by atoms with Crippen molar-refractivity contribution in [3.05, 3.63) is 59.7 Å². The molecule has 0 heterocycles. The first-order valence-corrected chi connectivity index (χ1v) is 12.1. The standard InChI is InChI=1S/C27H32N2O5/c1-2-17(15-25(30)29-24-14-8-7-13-22(24)26(31)32)28-27(33)34-16-23-20-11-5-3-9-18(20)19-10-4-6-12-21(19)23/h3-6,9-12,17,22-24H,2,7-8,13-16H2,1H3,(H,28,33)(H,29,30)(H,31,32)/t17?,22-,24+/m1/s1. The Hall–Kier alpha value is -3.35. The summed E-state index contributed by atoms with van der Waals surface area (Å²) >= 11 is 0. The van der Waals surface area contributed by atoms with Gasteiger partial charge in [0.1, 0.15) is 6.61 Å². The lowest BCUT2D eigenvalue weighted by Crippen LogP contribution is -2.47. The summed E-state index contributed by atoms with van der Waals surface area (Å²) < 4.78 is 5.59. The first kappa shape index (κ1) is 23.8. The molecule has 1 fully saturated rings. The van der Waals surface area contributed by atoms with E-state index in [1.54, 1.807) is 0 Å². The van der Waals surface area contributed by atoms with Gasteiger partial charge in [0.2, 0.25) is 5.91 Å². The Morgan fingerprint density at radius 2 is 1.62 bits per heavy atom. The topological polar surface area (TPSA) is 105 Å². The molecule has 0 saturated heterocycles. The van der Waals surface area contributed by atoms with Gasteiger partial charge in [-0.15, -0.1) is 0 Å². The van der Waals surface area contributed by atoms with Crippen LogP contribution in [0.1, 0.15) is 62.5 Å². The molecule has 2 aromatic carbocycles. The number of alkyl carbamates (subject to hydrolysis) is 1. The summed E-state index contributed by atoms with van der Waals surface area (Å²) in [5, 5.41) is 15.1. The molecule has 7 nitrogen and oxygen atoms in total. The molecular formula is C27H32N2O5. The van der Waals surface area contributed by atoms with Gasteiger partial charge in [-0.3, -0.25) is 9.59 Å². The van der Waals surface area contributed by atoms with Crippen LogP contribution in [-0.4, -0.2) is 41.8 Å². The molecule has 2 aliphatic rings. The maximum atomic E-state index is 12.6. The number of carboxylic acids is 1. The van der Waals surface area contributed by atoms with Gasteiger partial charge in [0.05, 0.1) is 5.92 Å². The summed E-state index contributed by atoms with van der Waals surface area (Å²) in [6.07, 6.45) is 3.11. The highest BCUT2D eigenvalue weighted by molar-refractivity contribution is 5.80. The average molecular weight is 465 g/mol. The fourth-order valence-corrected chi connectivity index (χ4v) is 5.19. The highest BCUT2D eigenvalue weighted by atomic mass is 16.5. The van der Waals surface area contributed by atoms with Crippen molar-refractivity contribution in [3.8, 4) is 11.1 Å². The molecule has 3 N–H and O–H groups in total. The van der Waals surface area contributed by atoms with E-state index in [-0.39, 0.29) is 36.9 Å². The number of rotatable bonds is 8. The van der Waals surface area contributed by atoms with Gasteiger partial charge in [0.15, 0.2) is 0 Å². The van der Waals surface area contributed by atoms with E-state index in [2.05, 4.69) is 34.9 Å². The number of hydrogen-bond acceptors (Lipinski definition) is 4. The van der Waals surface area contributed by atoms with Crippen LogP contribution in [-0.2, 0) is 14.3 Å². The van der Waals surface area contributed by atoms with Crippen molar-refractivity contribution in [1.82, 2.24) is 10.6 Å². The Labute approximate surface area is 199 Å². The molecule has 0 radical (unpaired) electrons. The third kappa shape index (κ3) is 5.24. The molecule has 4 rings (SSSR count). The Morgan fingerprint density at radius 1 is 1.00 bits per heavy atom. The van der Waals surface area contributed by atoms with E-state index in [1.807, 2.05) is 31.2 Å². The Balaban J connectivity index is 1.31. The summed E-state index contributed by atoms with van der Waals surface area (Å²) in [5.74, 6) is -1.69. The fraction of sp³-hybridized carbons (Fsp3) is 0.444. The van der Waals surface area contributed by atoms with Crippen LogP contribution < -0.4 is 10.6 Å². The molecular weight excluding hydrogens is 432 g/mol. The zero-order valence-corrected chi connectivity index (χ0v) is 19.5. The van der Waals surface area contributed by atoms with E-state index >= 15 is 0 Å². The number of nitrogens with one attached hydrogen (secondary N) is 2. The molecule has 1 unspecified atom stereocenters. The lowest BCUT2D eigenvalue weighted by Gasteiger charge is -2.29. The van der Waals surface area contributed by atoms with Gasteiger partial charge in [0, 0.05) is 24.4 Å². The lowest BCUT2D eigenvalue weighted by atomic mass is 9.84. The molecule has 180 valence electrons. The molecule has 2 amide bonds. The number of ether oxygens (including phenoxy) is 1. The quantitative estimate of drug-likeness (QED) is 0.535. The summed E-state index contributed by atoms with van der Waals surface area (Å²) in [6.45, 7) is 2.10. The third-order valence-electron chi connectivity index (χ3n) is 7.02. The second-order valence-corrected chi connectivity index (χ2v) is 9.18. The first-order valence-electron chi connectivity index (χ1n) is 12.1. The van der Waals surface area contributed by atoms with Crippen molar-refractivity contribution >= 4 is 18.0 Å². The number of benzene rings is 2. The van der Waals surface area contributed by atoms with Gasteiger partial charge in [0.25, 0.3) is 0 Å². The minimum absolute atomic E-state index is 0.0271. The van der Waals surface area contributed by atoms with Crippen molar-refractivity contribution in [2.24, 2.45) is 5.92 Å². The van der Waals surface area contributed by atoms with Crippen LogP contribution in [0.25, 0.3) is 11.1 Å². The van der Waals surface area contributed by atoms with Crippen LogP contribution in [0.3, 0.4) is 0 Å². The SMILES string of the molecule is CCC(CC(=O)N[C@H]1CCCC[C@H]1C(=O)O)NC(=O)OCC1c2ccccc2-c2ccccc21. The number of carbonyl (C=O) groups excluding carboxylic acids is 2. The first-order chi connectivity index (χ1) is 16.5. The zero-order chi connectivity index (χ0) is 24.1. The second kappa shape index (κ2) is 10.7. The minimum Gasteiger partial charge on any atom is -0.481 e. The van der Waals surface area contributed by atoms with Crippen LogP contribution in [0, 0.1) is 5.92 Å². The minimum atomic E-state index is -0.867. The van der Waals surface area contributed by atoms with Crippen molar-refractivity contribution < 1.29 is 24.2 Å². The molecule has 0 bridgehead atoms. The summed E-state index contributed by atoms with van der Waals surface area (Å²) in [6, 6.07) is 15.6. The highest BCUT2D eigenvalue weighted by Gasteiger charge is 2.32. The number of hydrogen-bond donors (Lipinski definition) is 3. The van der Waals surface area contributed by atoms with Crippen LogP contribution >= 0.6 is 0 Å². The van der Waals surface area contributed by atoms with E-state index < -0.39 is 18.0 Å². The molecule has 0 aromatic heterocycles. The molecule has 1 saturated carbocycles. The maximum absolute atomic E-state index is 12.6. The van der Waals surface area contributed by atoms with E-state index in [0.717, 1.165) is 35.1 Å². The van der Waals surface area contributed by atoms with E-state index in [4.69, 9.17) is 4.74 Å².